The number of ether oxygens (including phenoxy) is 1. The van der Waals surface area contributed by atoms with Gasteiger partial charge in [0.15, 0.2) is 0 Å². The van der Waals surface area contributed by atoms with Crippen molar-refractivity contribution >= 4 is 17.9 Å². The van der Waals surface area contributed by atoms with E-state index in [1.807, 2.05) is 37.3 Å². The fourth-order valence-corrected chi connectivity index (χ4v) is 4.15. The van der Waals surface area contributed by atoms with Gasteiger partial charge in [-0.1, -0.05) is 62.4 Å². The van der Waals surface area contributed by atoms with E-state index in [2.05, 4.69) is 24.5 Å². The second-order valence-corrected chi connectivity index (χ2v) is 11.1. The largest absolute Gasteiger partial charge is 0.508 e. The van der Waals surface area contributed by atoms with Crippen LogP contribution in [0.3, 0.4) is 0 Å². The third-order valence-corrected chi connectivity index (χ3v) is 6.13. The van der Waals surface area contributed by atoms with Gasteiger partial charge in [0, 0.05) is 18.2 Å². The smallest absolute Gasteiger partial charge is 0.408 e. The third-order valence-electron chi connectivity index (χ3n) is 6.13. The first-order valence-corrected chi connectivity index (χ1v) is 13.4. The van der Waals surface area contributed by atoms with Crippen LogP contribution < -0.4 is 10.6 Å². The molecular weight excluding hydrogens is 498 g/mol. The van der Waals surface area contributed by atoms with E-state index in [1.54, 1.807) is 39.0 Å². The first-order valence-electron chi connectivity index (χ1n) is 13.4. The number of aromatic hydroxyl groups is 1. The third kappa shape index (κ3) is 9.90. The van der Waals surface area contributed by atoms with E-state index >= 15 is 0 Å². The van der Waals surface area contributed by atoms with Crippen molar-refractivity contribution < 1.29 is 29.3 Å². The predicted molar refractivity (Wildman–Crippen MR) is 150 cm³/mol. The molecule has 3 atom stereocenters. The summed E-state index contributed by atoms with van der Waals surface area (Å²) in [5, 5.41) is 26.2. The van der Waals surface area contributed by atoms with Gasteiger partial charge >= 0.3 is 6.09 Å². The Balaban J connectivity index is 2.50. The zero-order valence-electron chi connectivity index (χ0n) is 23.8. The summed E-state index contributed by atoms with van der Waals surface area (Å²) in [6, 6.07) is 12.6. The number of para-hydroxylation sites is 1. The van der Waals surface area contributed by atoms with Gasteiger partial charge in [-0.25, -0.2) is 4.79 Å². The zero-order chi connectivity index (χ0) is 29.2. The number of amides is 3. The lowest BCUT2D eigenvalue weighted by Crippen LogP contribution is -2.56. The second kappa shape index (κ2) is 14.5. The molecule has 39 heavy (non-hydrogen) atoms. The standard InChI is InChI=1S/C30H43N3O6/c1-20(2)16-17-21(3)33(28(37)24(19-34)32-29(38)39-30(4,5)6)26(23-14-10-11-15-25(23)35)27(36)31-18-22-12-8-7-9-13-22/h7-15,20-21,24,26,34-35H,16-19H2,1-6H3,(H,31,36)(H,32,38). The number of nitrogens with one attached hydrogen (secondary N) is 2. The normalized spacial score (nSPS) is 13.7. The second-order valence-electron chi connectivity index (χ2n) is 11.1. The summed E-state index contributed by atoms with van der Waals surface area (Å²) in [6.45, 7) is 10.5. The molecule has 0 fully saturated rings. The van der Waals surface area contributed by atoms with Gasteiger partial charge in [-0.05, 0) is 58.1 Å². The van der Waals surface area contributed by atoms with Crippen LogP contribution in [0.4, 0.5) is 4.79 Å². The lowest BCUT2D eigenvalue weighted by atomic mass is 9.96. The number of hydrogen-bond donors (Lipinski definition) is 4. The van der Waals surface area contributed by atoms with Crippen LogP contribution in [0.1, 0.15) is 71.6 Å². The van der Waals surface area contributed by atoms with Crippen LogP contribution >= 0.6 is 0 Å². The molecule has 3 amide bonds. The summed E-state index contributed by atoms with van der Waals surface area (Å²) in [5.74, 6) is -0.970. The molecule has 0 aliphatic heterocycles. The van der Waals surface area contributed by atoms with Gasteiger partial charge < -0.3 is 30.5 Å². The highest BCUT2D eigenvalue weighted by Crippen LogP contribution is 2.32. The summed E-state index contributed by atoms with van der Waals surface area (Å²) >= 11 is 0. The molecule has 0 saturated carbocycles. The molecule has 3 unspecified atom stereocenters. The fraction of sp³-hybridized carbons (Fsp3) is 0.500. The Morgan fingerprint density at radius 2 is 1.56 bits per heavy atom. The number of nitrogens with zero attached hydrogens (tertiary/aromatic N) is 1. The van der Waals surface area contributed by atoms with Crippen molar-refractivity contribution in [3.63, 3.8) is 0 Å². The van der Waals surface area contributed by atoms with Crippen molar-refractivity contribution in [2.75, 3.05) is 6.61 Å². The molecule has 0 heterocycles. The van der Waals surface area contributed by atoms with Crippen molar-refractivity contribution in [2.24, 2.45) is 5.92 Å². The highest BCUT2D eigenvalue weighted by molar-refractivity contribution is 5.92. The number of aliphatic hydroxyl groups is 1. The molecule has 0 bridgehead atoms. The Kier molecular flexibility index (Phi) is 11.8. The van der Waals surface area contributed by atoms with Crippen LogP contribution in [0.15, 0.2) is 54.6 Å². The van der Waals surface area contributed by atoms with E-state index < -0.39 is 48.2 Å². The maximum Gasteiger partial charge on any atom is 0.408 e. The Morgan fingerprint density at radius 3 is 2.13 bits per heavy atom. The Morgan fingerprint density at radius 1 is 0.949 bits per heavy atom. The first kappa shape index (κ1) is 31.6. The van der Waals surface area contributed by atoms with Crippen molar-refractivity contribution in [3.05, 3.63) is 65.7 Å². The summed E-state index contributed by atoms with van der Waals surface area (Å²) in [5.41, 5.74) is 0.293. The number of carbonyl (C=O) groups is 3. The van der Waals surface area contributed by atoms with Gasteiger partial charge in [0.1, 0.15) is 23.4 Å². The van der Waals surface area contributed by atoms with Crippen molar-refractivity contribution in [1.82, 2.24) is 15.5 Å². The number of aliphatic hydroxyl groups excluding tert-OH is 1. The molecule has 2 aromatic rings. The minimum Gasteiger partial charge on any atom is -0.508 e. The van der Waals surface area contributed by atoms with E-state index in [0.717, 1.165) is 12.0 Å². The highest BCUT2D eigenvalue weighted by atomic mass is 16.6. The number of hydrogen-bond acceptors (Lipinski definition) is 6. The minimum absolute atomic E-state index is 0.146. The predicted octanol–water partition coefficient (Wildman–Crippen LogP) is 4.29. The molecule has 0 radical (unpaired) electrons. The van der Waals surface area contributed by atoms with Crippen LogP contribution in [-0.2, 0) is 20.9 Å². The maximum absolute atomic E-state index is 14.0. The molecule has 0 spiro atoms. The summed E-state index contributed by atoms with van der Waals surface area (Å²) < 4.78 is 5.29. The Hall–Kier alpha value is -3.59. The van der Waals surface area contributed by atoms with E-state index in [0.29, 0.717) is 12.3 Å². The lowest BCUT2D eigenvalue weighted by Gasteiger charge is -2.38. The van der Waals surface area contributed by atoms with Gasteiger partial charge in [-0.2, -0.15) is 0 Å². The van der Waals surface area contributed by atoms with E-state index in [-0.39, 0.29) is 17.9 Å². The average molecular weight is 542 g/mol. The minimum atomic E-state index is -1.36. The molecule has 0 saturated heterocycles. The Bertz CT molecular complexity index is 1080. The molecule has 0 aromatic heterocycles. The number of carbonyl (C=O) groups excluding carboxylic acids is 3. The van der Waals surface area contributed by atoms with E-state index in [9.17, 15) is 24.6 Å². The molecule has 9 nitrogen and oxygen atoms in total. The molecule has 0 aliphatic rings. The van der Waals surface area contributed by atoms with E-state index in [1.165, 1.54) is 11.0 Å². The fourth-order valence-electron chi connectivity index (χ4n) is 4.15. The van der Waals surface area contributed by atoms with Crippen molar-refractivity contribution in [3.8, 4) is 5.75 Å². The quantitative estimate of drug-likeness (QED) is 0.317. The average Bonchev–Trinajstić information content (AvgIpc) is 2.87. The van der Waals surface area contributed by atoms with Crippen LogP contribution in [-0.4, -0.2) is 57.3 Å². The highest BCUT2D eigenvalue weighted by Gasteiger charge is 2.39. The molecular formula is C30H43N3O6. The number of phenolic OH excluding ortho intramolecular Hbond substituents is 1. The summed E-state index contributed by atoms with van der Waals surface area (Å²) in [6.07, 6.45) is 0.467. The van der Waals surface area contributed by atoms with Gasteiger partial charge in [-0.3, -0.25) is 9.59 Å². The summed E-state index contributed by atoms with van der Waals surface area (Å²) in [7, 11) is 0. The van der Waals surface area contributed by atoms with Crippen molar-refractivity contribution in [2.45, 2.75) is 84.7 Å². The number of alkyl carbamates (subject to hydrolysis) is 1. The lowest BCUT2D eigenvalue weighted by molar-refractivity contribution is -0.146. The van der Waals surface area contributed by atoms with Gasteiger partial charge in [0.25, 0.3) is 0 Å². The topological polar surface area (TPSA) is 128 Å². The summed E-state index contributed by atoms with van der Waals surface area (Å²) in [4.78, 5) is 41.6. The molecule has 2 aromatic carbocycles. The molecule has 9 heteroatoms. The molecule has 0 aliphatic carbocycles. The molecule has 4 N–H and O–H groups in total. The molecule has 2 rings (SSSR count). The van der Waals surface area contributed by atoms with Crippen molar-refractivity contribution in [1.29, 1.82) is 0 Å². The van der Waals surface area contributed by atoms with Crippen LogP contribution in [0.5, 0.6) is 5.75 Å². The Labute approximate surface area is 231 Å². The maximum atomic E-state index is 14.0. The van der Waals surface area contributed by atoms with Gasteiger partial charge in [0.05, 0.1) is 6.61 Å². The van der Waals surface area contributed by atoms with Gasteiger partial charge in [-0.15, -0.1) is 0 Å². The number of rotatable bonds is 12. The van der Waals surface area contributed by atoms with E-state index in [4.69, 9.17) is 4.74 Å². The van der Waals surface area contributed by atoms with Crippen LogP contribution in [0.2, 0.25) is 0 Å². The monoisotopic (exact) mass is 541 g/mol. The molecule has 214 valence electrons. The number of benzene rings is 2. The van der Waals surface area contributed by atoms with Crippen LogP contribution in [0.25, 0.3) is 0 Å². The van der Waals surface area contributed by atoms with Gasteiger partial charge in [0.2, 0.25) is 11.8 Å². The van der Waals surface area contributed by atoms with Crippen LogP contribution in [0, 0.1) is 5.92 Å². The SMILES string of the molecule is CC(C)CCC(C)N(C(=O)C(CO)NC(=O)OC(C)(C)C)C(C(=O)NCc1ccccc1)c1ccccc1O. The first-order chi connectivity index (χ1) is 18.3. The number of phenols is 1. The zero-order valence-corrected chi connectivity index (χ0v) is 23.8.